The standard InChI is InChI=1S/C18H22N2O2/c1-2-3-12-19-16-11-7-10-15(13-16)17(18(21)20-22)14-8-5-4-6-9-14/h4-11,13,17,19,22H,2-3,12H2,1H3,(H,20,21). The second kappa shape index (κ2) is 8.20. The number of rotatable bonds is 7. The average molecular weight is 298 g/mol. The van der Waals surface area contributed by atoms with Crippen LogP contribution < -0.4 is 10.8 Å². The molecule has 0 fully saturated rings. The Hall–Kier alpha value is -2.33. The van der Waals surface area contributed by atoms with Gasteiger partial charge in [-0.3, -0.25) is 10.0 Å². The lowest BCUT2D eigenvalue weighted by molar-refractivity contribution is -0.129. The van der Waals surface area contributed by atoms with Crippen LogP contribution in [0.5, 0.6) is 0 Å². The van der Waals surface area contributed by atoms with Crippen LogP contribution in [0.25, 0.3) is 0 Å². The summed E-state index contributed by atoms with van der Waals surface area (Å²) < 4.78 is 0. The molecule has 0 aliphatic rings. The van der Waals surface area contributed by atoms with Crippen LogP contribution >= 0.6 is 0 Å². The zero-order chi connectivity index (χ0) is 15.8. The van der Waals surface area contributed by atoms with Gasteiger partial charge in [-0.2, -0.15) is 0 Å². The molecule has 1 amide bonds. The fraction of sp³-hybridized carbons (Fsp3) is 0.278. The van der Waals surface area contributed by atoms with E-state index >= 15 is 0 Å². The van der Waals surface area contributed by atoms with E-state index in [2.05, 4.69) is 12.2 Å². The van der Waals surface area contributed by atoms with Gasteiger partial charge in [0.2, 0.25) is 0 Å². The third-order valence-electron chi connectivity index (χ3n) is 3.58. The molecule has 0 aliphatic heterocycles. The van der Waals surface area contributed by atoms with Crippen LogP contribution in [0.15, 0.2) is 54.6 Å². The molecular weight excluding hydrogens is 276 g/mol. The molecule has 0 aliphatic carbocycles. The van der Waals surface area contributed by atoms with Gasteiger partial charge in [0.05, 0.1) is 5.92 Å². The Morgan fingerprint density at radius 1 is 1.09 bits per heavy atom. The number of hydrogen-bond donors (Lipinski definition) is 3. The number of anilines is 1. The second-order valence-electron chi connectivity index (χ2n) is 5.23. The van der Waals surface area contributed by atoms with Gasteiger partial charge in [-0.15, -0.1) is 0 Å². The summed E-state index contributed by atoms with van der Waals surface area (Å²) in [5, 5.41) is 12.4. The number of unbranched alkanes of at least 4 members (excludes halogenated alkanes) is 1. The van der Waals surface area contributed by atoms with Crippen LogP contribution in [0.1, 0.15) is 36.8 Å². The molecule has 2 aromatic carbocycles. The largest absolute Gasteiger partial charge is 0.385 e. The van der Waals surface area contributed by atoms with Crippen LogP contribution in [-0.2, 0) is 4.79 Å². The van der Waals surface area contributed by atoms with Crippen LogP contribution in [0.2, 0.25) is 0 Å². The molecule has 0 heterocycles. The van der Waals surface area contributed by atoms with Crippen molar-refractivity contribution in [3.8, 4) is 0 Å². The monoisotopic (exact) mass is 298 g/mol. The normalized spacial score (nSPS) is 11.7. The summed E-state index contributed by atoms with van der Waals surface area (Å²) in [5.41, 5.74) is 4.45. The Bertz CT molecular complexity index is 599. The number of amides is 1. The number of hydrogen-bond acceptors (Lipinski definition) is 3. The molecule has 1 atom stereocenters. The van der Waals surface area contributed by atoms with E-state index in [1.807, 2.05) is 54.6 Å². The number of carbonyl (C=O) groups is 1. The molecule has 0 aromatic heterocycles. The summed E-state index contributed by atoms with van der Waals surface area (Å²) in [6.07, 6.45) is 2.23. The van der Waals surface area contributed by atoms with E-state index in [-0.39, 0.29) is 0 Å². The fourth-order valence-electron chi connectivity index (χ4n) is 2.44. The first kappa shape index (κ1) is 16.0. The van der Waals surface area contributed by atoms with Crippen molar-refractivity contribution < 1.29 is 10.0 Å². The van der Waals surface area contributed by atoms with E-state index in [9.17, 15) is 4.79 Å². The maximum Gasteiger partial charge on any atom is 0.255 e. The smallest absolute Gasteiger partial charge is 0.255 e. The van der Waals surface area contributed by atoms with E-state index < -0.39 is 11.8 Å². The summed E-state index contributed by atoms with van der Waals surface area (Å²) in [6, 6.07) is 17.2. The van der Waals surface area contributed by atoms with Crippen molar-refractivity contribution in [1.82, 2.24) is 5.48 Å². The zero-order valence-corrected chi connectivity index (χ0v) is 12.8. The summed E-state index contributed by atoms with van der Waals surface area (Å²) in [5.74, 6) is -0.962. The lowest BCUT2D eigenvalue weighted by Crippen LogP contribution is -2.27. The van der Waals surface area contributed by atoms with Crippen molar-refractivity contribution in [2.24, 2.45) is 0 Å². The summed E-state index contributed by atoms with van der Waals surface area (Å²) >= 11 is 0. The first-order valence-corrected chi connectivity index (χ1v) is 7.59. The molecule has 4 heteroatoms. The average Bonchev–Trinajstić information content (AvgIpc) is 2.56. The highest BCUT2D eigenvalue weighted by molar-refractivity contribution is 5.86. The minimum Gasteiger partial charge on any atom is -0.385 e. The minimum absolute atomic E-state index is 0.433. The second-order valence-corrected chi connectivity index (χ2v) is 5.23. The molecule has 1 unspecified atom stereocenters. The van der Waals surface area contributed by atoms with Gasteiger partial charge in [0.1, 0.15) is 0 Å². The van der Waals surface area contributed by atoms with E-state index in [1.165, 1.54) is 0 Å². The molecule has 0 saturated carbocycles. The van der Waals surface area contributed by atoms with Gasteiger partial charge in [0.25, 0.3) is 5.91 Å². The van der Waals surface area contributed by atoms with Crippen molar-refractivity contribution in [2.75, 3.05) is 11.9 Å². The highest BCUT2D eigenvalue weighted by Crippen LogP contribution is 2.26. The number of carbonyl (C=O) groups excluding carboxylic acids is 1. The first-order valence-electron chi connectivity index (χ1n) is 7.59. The fourth-order valence-corrected chi connectivity index (χ4v) is 2.44. The summed E-state index contributed by atoms with van der Waals surface area (Å²) in [4.78, 5) is 12.1. The molecule has 3 N–H and O–H groups in total. The van der Waals surface area contributed by atoms with Gasteiger partial charge in [-0.1, -0.05) is 55.8 Å². The lowest BCUT2D eigenvalue weighted by Gasteiger charge is -2.17. The Labute approximate surface area is 131 Å². The molecule has 0 bridgehead atoms. The Morgan fingerprint density at radius 2 is 1.82 bits per heavy atom. The van der Waals surface area contributed by atoms with Gasteiger partial charge >= 0.3 is 0 Å². The molecule has 0 radical (unpaired) electrons. The van der Waals surface area contributed by atoms with Gasteiger partial charge in [0.15, 0.2) is 0 Å². The van der Waals surface area contributed by atoms with Crippen LogP contribution in [0, 0.1) is 0 Å². The SMILES string of the molecule is CCCCNc1cccc(C(C(=O)NO)c2ccccc2)c1. The molecule has 4 nitrogen and oxygen atoms in total. The third kappa shape index (κ3) is 4.09. The number of hydroxylamine groups is 1. The van der Waals surface area contributed by atoms with Gasteiger partial charge in [-0.25, -0.2) is 5.48 Å². The van der Waals surface area contributed by atoms with Crippen LogP contribution in [0.3, 0.4) is 0 Å². The van der Waals surface area contributed by atoms with E-state index in [1.54, 1.807) is 5.48 Å². The Balaban J connectivity index is 2.28. The maximum atomic E-state index is 12.1. The van der Waals surface area contributed by atoms with Gasteiger partial charge in [0, 0.05) is 12.2 Å². The Morgan fingerprint density at radius 3 is 2.50 bits per heavy atom. The molecule has 2 rings (SSSR count). The van der Waals surface area contributed by atoms with E-state index in [0.29, 0.717) is 0 Å². The van der Waals surface area contributed by atoms with Crippen molar-refractivity contribution >= 4 is 11.6 Å². The zero-order valence-electron chi connectivity index (χ0n) is 12.8. The summed E-state index contributed by atoms with van der Waals surface area (Å²) in [6.45, 7) is 3.05. The van der Waals surface area contributed by atoms with E-state index in [0.717, 1.165) is 36.2 Å². The van der Waals surface area contributed by atoms with Crippen LogP contribution in [0.4, 0.5) is 5.69 Å². The predicted molar refractivity (Wildman–Crippen MR) is 88.1 cm³/mol. The molecule has 22 heavy (non-hydrogen) atoms. The predicted octanol–water partition coefficient (Wildman–Crippen LogP) is 3.54. The highest BCUT2D eigenvalue weighted by atomic mass is 16.5. The maximum absolute atomic E-state index is 12.1. The van der Waals surface area contributed by atoms with E-state index in [4.69, 9.17) is 5.21 Å². The molecule has 0 spiro atoms. The minimum atomic E-state index is -0.529. The Kier molecular flexibility index (Phi) is 5.98. The molecular formula is C18H22N2O2. The van der Waals surface area contributed by atoms with Crippen molar-refractivity contribution in [1.29, 1.82) is 0 Å². The van der Waals surface area contributed by atoms with Gasteiger partial charge in [-0.05, 0) is 29.7 Å². The van der Waals surface area contributed by atoms with Gasteiger partial charge < -0.3 is 5.32 Å². The van der Waals surface area contributed by atoms with Crippen molar-refractivity contribution in [3.63, 3.8) is 0 Å². The first-order chi connectivity index (χ1) is 10.8. The quantitative estimate of drug-likeness (QED) is 0.416. The highest BCUT2D eigenvalue weighted by Gasteiger charge is 2.22. The number of nitrogens with one attached hydrogen (secondary N) is 2. The topological polar surface area (TPSA) is 61.4 Å². The van der Waals surface area contributed by atoms with Crippen LogP contribution in [-0.4, -0.2) is 17.7 Å². The summed E-state index contributed by atoms with van der Waals surface area (Å²) in [7, 11) is 0. The molecule has 116 valence electrons. The van der Waals surface area contributed by atoms with Crippen molar-refractivity contribution in [3.05, 3.63) is 65.7 Å². The molecule has 0 saturated heterocycles. The lowest BCUT2D eigenvalue weighted by atomic mass is 9.90. The molecule has 2 aromatic rings. The third-order valence-corrected chi connectivity index (χ3v) is 3.58. The number of benzene rings is 2. The van der Waals surface area contributed by atoms with Crippen molar-refractivity contribution in [2.45, 2.75) is 25.7 Å².